The highest BCUT2D eigenvalue weighted by Crippen LogP contribution is 2.32. The lowest BCUT2D eigenvalue weighted by molar-refractivity contribution is -0.151. The Balaban J connectivity index is 2.28. The summed E-state index contributed by atoms with van der Waals surface area (Å²) in [6.45, 7) is 5.50. The van der Waals surface area contributed by atoms with E-state index in [4.69, 9.17) is 9.47 Å². The molecule has 1 rings (SSSR count). The van der Waals surface area contributed by atoms with Crippen molar-refractivity contribution >= 4 is 5.97 Å². The van der Waals surface area contributed by atoms with E-state index in [-0.39, 0.29) is 18.0 Å². The molecule has 0 aromatic rings. The molecular weight excluding hydrogens is 246 g/mol. The molecule has 0 amide bonds. The van der Waals surface area contributed by atoms with Gasteiger partial charge in [0.15, 0.2) is 0 Å². The fraction of sp³-hybridized carbons (Fsp3) is 0.929. The lowest BCUT2D eigenvalue weighted by Gasteiger charge is -2.35. The first-order valence-electron chi connectivity index (χ1n) is 7.13. The highest BCUT2D eigenvalue weighted by atomic mass is 16.5. The van der Waals surface area contributed by atoms with E-state index in [1.54, 1.807) is 7.11 Å². The van der Waals surface area contributed by atoms with E-state index in [1.165, 1.54) is 0 Å². The number of nitrogens with one attached hydrogen (secondary N) is 1. The van der Waals surface area contributed by atoms with Crippen LogP contribution < -0.4 is 5.32 Å². The minimum atomic E-state index is -0.698. The Hall–Kier alpha value is -0.650. The number of carbonyl (C=O) groups excluding carboxylic acids is 1. The summed E-state index contributed by atoms with van der Waals surface area (Å²) in [7, 11) is 1.67. The number of methoxy groups -OCH3 is 1. The van der Waals surface area contributed by atoms with Crippen LogP contribution in [0.2, 0.25) is 0 Å². The van der Waals surface area contributed by atoms with Crippen LogP contribution in [-0.2, 0) is 14.3 Å². The molecule has 0 saturated heterocycles. The van der Waals surface area contributed by atoms with Crippen LogP contribution in [0.4, 0.5) is 0 Å². The molecule has 0 aliphatic heterocycles. The zero-order valence-electron chi connectivity index (χ0n) is 12.3. The molecule has 1 saturated carbocycles. The molecule has 0 aromatic carbocycles. The van der Waals surface area contributed by atoms with Crippen molar-refractivity contribution in [2.45, 2.75) is 51.2 Å². The third kappa shape index (κ3) is 5.47. The zero-order valence-corrected chi connectivity index (χ0v) is 12.3. The predicted octanol–water partition coefficient (Wildman–Crippen LogP) is 1.10. The molecule has 5 heteroatoms. The Morgan fingerprint density at radius 2 is 2.11 bits per heavy atom. The van der Waals surface area contributed by atoms with Crippen molar-refractivity contribution in [3.05, 3.63) is 0 Å². The van der Waals surface area contributed by atoms with Crippen molar-refractivity contribution in [2.75, 3.05) is 26.8 Å². The van der Waals surface area contributed by atoms with Crippen LogP contribution in [0.3, 0.4) is 0 Å². The Bertz CT molecular complexity index is 275. The molecule has 0 heterocycles. The molecule has 1 aliphatic carbocycles. The summed E-state index contributed by atoms with van der Waals surface area (Å²) in [6.07, 6.45) is 2.84. The van der Waals surface area contributed by atoms with Crippen LogP contribution >= 0.6 is 0 Å². The van der Waals surface area contributed by atoms with Crippen molar-refractivity contribution < 1.29 is 19.4 Å². The number of rotatable bonds is 7. The SMILES string of the molecule is CCOC(=O)C1CCC(O)(CNCC(C)OC)CC1. The van der Waals surface area contributed by atoms with Crippen LogP contribution in [0, 0.1) is 5.92 Å². The van der Waals surface area contributed by atoms with Crippen LogP contribution in [-0.4, -0.2) is 49.6 Å². The summed E-state index contributed by atoms with van der Waals surface area (Å²) in [5.41, 5.74) is -0.698. The molecule has 2 N–H and O–H groups in total. The Labute approximate surface area is 115 Å². The molecule has 1 atom stereocenters. The molecular formula is C14H27NO4. The van der Waals surface area contributed by atoms with Crippen molar-refractivity contribution in [3.63, 3.8) is 0 Å². The largest absolute Gasteiger partial charge is 0.466 e. The Morgan fingerprint density at radius 1 is 1.47 bits per heavy atom. The van der Waals surface area contributed by atoms with Crippen LogP contribution in [0.15, 0.2) is 0 Å². The second kappa shape index (κ2) is 7.82. The van der Waals surface area contributed by atoms with Crippen molar-refractivity contribution in [2.24, 2.45) is 5.92 Å². The van der Waals surface area contributed by atoms with Gasteiger partial charge in [-0.25, -0.2) is 0 Å². The van der Waals surface area contributed by atoms with Crippen LogP contribution in [0.1, 0.15) is 39.5 Å². The minimum absolute atomic E-state index is 0.0434. The maximum atomic E-state index is 11.6. The normalized spacial score (nSPS) is 28.9. The van der Waals surface area contributed by atoms with Gasteiger partial charge in [0, 0.05) is 20.2 Å². The molecule has 5 nitrogen and oxygen atoms in total. The predicted molar refractivity (Wildman–Crippen MR) is 72.9 cm³/mol. The number of aliphatic hydroxyl groups is 1. The monoisotopic (exact) mass is 273 g/mol. The third-order valence-corrected chi connectivity index (χ3v) is 3.82. The summed E-state index contributed by atoms with van der Waals surface area (Å²) in [6, 6.07) is 0. The summed E-state index contributed by atoms with van der Waals surface area (Å²) >= 11 is 0. The van der Waals surface area contributed by atoms with E-state index in [1.807, 2.05) is 13.8 Å². The molecule has 0 bridgehead atoms. The first-order chi connectivity index (χ1) is 9.00. The number of hydrogen-bond acceptors (Lipinski definition) is 5. The number of carbonyl (C=O) groups is 1. The highest BCUT2D eigenvalue weighted by Gasteiger charge is 2.36. The molecule has 112 valence electrons. The van der Waals surface area contributed by atoms with Crippen LogP contribution in [0.25, 0.3) is 0 Å². The van der Waals surface area contributed by atoms with Gasteiger partial charge in [-0.05, 0) is 39.5 Å². The molecule has 1 aliphatic rings. The van der Waals surface area contributed by atoms with Gasteiger partial charge in [-0.1, -0.05) is 0 Å². The summed E-state index contributed by atoms with van der Waals surface area (Å²) in [5.74, 6) is -0.163. The maximum Gasteiger partial charge on any atom is 0.308 e. The third-order valence-electron chi connectivity index (χ3n) is 3.82. The van der Waals surface area contributed by atoms with Gasteiger partial charge < -0.3 is 19.9 Å². The summed E-state index contributed by atoms with van der Waals surface area (Å²) in [4.78, 5) is 11.6. The van der Waals surface area contributed by atoms with E-state index >= 15 is 0 Å². The van der Waals surface area contributed by atoms with E-state index in [0.29, 0.717) is 38.8 Å². The first-order valence-corrected chi connectivity index (χ1v) is 7.13. The van der Waals surface area contributed by atoms with Gasteiger partial charge in [-0.15, -0.1) is 0 Å². The lowest BCUT2D eigenvalue weighted by Crippen LogP contribution is -2.46. The molecule has 0 radical (unpaired) electrons. The van der Waals surface area contributed by atoms with E-state index in [9.17, 15) is 9.90 Å². The second-order valence-corrected chi connectivity index (χ2v) is 5.43. The van der Waals surface area contributed by atoms with Crippen molar-refractivity contribution in [3.8, 4) is 0 Å². The minimum Gasteiger partial charge on any atom is -0.466 e. The molecule has 1 unspecified atom stereocenters. The topological polar surface area (TPSA) is 67.8 Å². The lowest BCUT2D eigenvalue weighted by atomic mass is 9.79. The number of ether oxygens (including phenoxy) is 2. The van der Waals surface area contributed by atoms with Gasteiger partial charge in [-0.2, -0.15) is 0 Å². The van der Waals surface area contributed by atoms with Crippen molar-refractivity contribution in [1.82, 2.24) is 5.32 Å². The quantitative estimate of drug-likeness (QED) is 0.680. The van der Waals surface area contributed by atoms with Gasteiger partial charge in [-0.3, -0.25) is 4.79 Å². The van der Waals surface area contributed by atoms with Gasteiger partial charge >= 0.3 is 5.97 Å². The molecule has 0 spiro atoms. The Kier molecular flexibility index (Phi) is 6.75. The fourth-order valence-corrected chi connectivity index (χ4v) is 2.42. The van der Waals surface area contributed by atoms with Gasteiger partial charge in [0.2, 0.25) is 0 Å². The van der Waals surface area contributed by atoms with E-state index in [0.717, 1.165) is 6.54 Å². The van der Waals surface area contributed by atoms with Gasteiger partial charge in [0.25, 0.3) is 0 Å². The number of esters is 1. The summed E-state index contributed by atoms with van der Waals surface area (Å²) < 4.78 is 10.2. The molecule has 1 fully saturated rings. The Morgan fingerprint density at radius 3 is 2.63 bits per heavy atom. The molecule has 19 heavy (non-hydrogen) atoms. The highest BCUT2D eigenvalue weighted by molar-refractivity contribution is 5.72. The van der Waals surface area contributed by atoms with E-state index < -0.39 is 5.60 Å². The second-order valence-electron chi connectivity index (χ2n) is 5.43. The summed E-state index contributed by atoms with van der Waals surface area (Å²) in [5, 5.41) is 13.7. The maximum absolute atomic E-state index is 11.6. The zero-order chi connectivity index (χ0) is 14.3. The van der Waals surface area contributed by atoms with E-state index in [2.05, 4.69) is 5.32 Å². The first kappa shape index (κ1) is 16.4. The standard InChI is InChI=1S/C14H27NO4/c1-4-19-13(16)12-5-7-14(17,8-6-12)10-15-9-11(2)18-3/h11-12,15,17H,4-10H2,1-3H3. The van der Waals surface area contributed by atoms with Crippen molar-refractivity contribution in [1.29, 1.82) is 0 Å². The smallest absolute Gasteiger partial charge is 0.308 e. The van der Waals surface area contributed by atoms with Crippen LogP contribution in [0.5, 0.6) is 0 Å². The van der Waals surface area contributed by atoms with Gasteiger partial charge in [0.05, 0.1) is 24.2 Å². The number of hydrogen-bond donors (Lipinski definition) is 2. The fourth-order valence-electron chi connectivity index (χ4n) is 2.42. The van der Waals surface area contributed by atoms with Gasteiger partial charge in [0.1, 0.15) is 0 Å². The molecule has 0 aromatic heterocycles. The average Bonchev–Trinajstić information content (AvgIpc) is 2.39. The average molecular weight is 273 g/mol.